The summed E-state index contributed by atoms with van der Waals surface area (Å²) in [6.45, 7) is 5.55. The third-order valence-corrected chi connectivity index (χ3v) is 6.79. The minimum Gasteiger partial charge on any atom is -0.339 e. The maximum atomic E-state index is 15.0. The van der Waals surface area contributed by atoms with E-state index in [1.54, 1.807) is 24.4 Å². The summed E-state index contributed by atoms with van der Waals surface area (Å²) in [6.07, 6.45) is 5.13. The van der Waals surface area contributed by atoms with Crippen molar-refractivity contribution in [2.45, 2.75) is 51.6 Å². The molecule has 0 radical (unpaired) electrons. The second-order valence-corrected chi connectivity index (χ2v) is 10.0. The van der Waals surface area contributed by atoms with Crippen LogP contribution in [0.3, 0.4) is 0 Å². The third-order valence-electron chi connectivity index (χ3n) is 6.51. The summed E-state index contributed by atoms with van der Waals surface area (Å²) in [5.74, 6) is -0.510. The quantitative estimate of drug-likeness (QED) is 0.209. The van der Waals surface area contributed by atoms with Crippen LogP contribution in [0.5, 0.6) is 0 Å². The number of nitrogens with one attached hydrogen (secondary N) is 2. The van der Waals surface area contributed by atoms with Gasteiger partial charge in [0.1, 0.15) is 5.65 Å². The zero-order chi connectivity index (χ0) is 26.5. The summed E-state index contributed by atoms with van der Waals surface area (Å²) in [6, 6.07) is 13.3. The maximum Gasteiger partial charge on any atom is 0.354 e. The molecule has 196 valence electrons. The van der Waals surface area contributed by atoms with Crippen molar-refractivity contribution >= 4 is 22.6 Å². The van der Waals surface area contributed by atoms with E-state index in [0.29, 0.717) is 34.5 Å². The van der Waals surface area contributed by atoms with Gasteiger partial charge >= 0.3 is 5.69 Å². The first kappa shape index (κ1) is 27.0. The van der Waals surface area contributed by atoms with Gasteiger partial charge in [0.2, 0.25) is 0 Å². The Morgan fingerprint density at radius 3 is 2.62 bits per heavy atom. The number of fused-ring (bicyclic) bond motifs is 1. The molecule has 4 rings (SSSR count). The normalized spacial score (nSPS) is 13.2. The lowest BCUT2D eigenvalue weighted by molar-refractivity contribution is 0.562. The first-order valence-corrected chi connectivity index (χ1v) is 13.0. The molecule has 2 atom stereocenters. The molecule has 2 heterocycles. The lowest BCUT2D eigenvalue weighted by Crippen LogP contribution is -2.22. The van der Waals surface area contributed by atoms with Gasteiger partial charge in [-0.2, -0.15) is 4.98 Å². The Morgan fingerprint density at radius 2 is 1.92 bits per heavy atom. The highest BCUT2D eigenvalue weighted by molar-refractivity contribution is 6.31. The zero-order valence-electron chi connectivity index (χ0n) is 21.2. The van der Waals surface area contributed by atoms with Gasteiger partial charge in [-0.1, -0.05) is 23.7 Å². The van der Waals surface area contributed by atoms with Gasteiger partial charge in [0.25, 0.3) is 0 Å². The minimum absolute atomic E-state index is 0.0614. The Morgan fingerprint density at radius 1 is 1.16 bits per heavy atom. The fraction of sp³-hybridized carbons (Fsp3) is 0.357. The van der Waals surface area contributed by atoms with Gasteiger partial charge in [-0.3, -0.25) is 4.57 Å². The summed E-state index contributed by atoms with van der Waals surface area (Å²) < 4.78 is 16.5. The van der Waals surface area contributed by atoms with Gasteiger partial charge in [-0.15, -0.1) is 0 Å². The molecule has 0 aliphatic rings. The van der Waals surface area contributed by atoms with Crippen LogP contribution in [-0.4, -0.2) is 33.7 Å². The van der Waals surface area contributed by atoms with Crippen LogP contribution in [0.4, 0.5) is 4.39 Å². The van der Waals surface area contributed by atoms with Gasteiger partial charge < -0.3 is 21.8 Å². The molecule has 0 aliphatic heterocycles. The number of hydrogen-bond donors (Lipinski definition) is 4. The van der Waals surface area contributed by atoms with E-state index in [1.807, 2.05) is 31.2 Å². The highest BCUT2D eigenvalue weighted by Gasteiger charge is 2.16. The maximum absolute atomic E-state index is 15.0. The van der Waals surface area contributed by atoms with Gasteiger partial charge in [0.05, 0.1) is 16.4 Å². The van der Waals surface area contributed by atoms with Crippen LogP contribution in [0.25, 0.3) is 28.0 Å². The molecule has 0 unspecified atom stereocenters. The number of rotatable bonds is 11. The lowest BCUT2D eigenvalue weighted by atomic mass is 10.0. The van der Waals surface area contributed by atoms with Crippen LogP contribution >= 0.6 is 11.6 Å². The molecule has 2 aromatic heterocycles. The number of benzene rings is 2. The summed E-state index contributed by atoms with van der Waals surface area (Å²) in [5, 5.41) is 4.18. The minimum atomic E-state index is -0.510. The monoisotopic (exact) mass is 524 g/mol. The molecule has 0 aliphatic carbocycles. The highest BCUT2D eigenvalue weighted by Crippen LogP contribution is 2.31. The molecule has 0 amide bonds. The van der Waals surface area contributed by atoms with E-state index in [4.69, 9.17) is 23.1 Å². The highest BCUT2D eigenvalue weighted by atomic mass is 35.5. The van der Waals surface area contributed by atoms with E-state index >= 15 is 4.39 Å². The first-order chi connectivity index (χ1) is 17.8. The Balaban J connectivity index is 1.61. The number of aryl methyl sites for hydroxylation is 1. The molecule has 0 saturated carbocycles. The standard InChI is InChI=1S/C28H34ClFN6O/c1-17(32)5-3-6-19-13-23(26(30)24(29)14-19)25-15-21-16-36(28(37)35-27(21)34-25)22-9-7-20(8-10-22)18(2)33-12-4-11-31/h7-10,13-18,33H,3-6,11-12,31-32H2,1-2H3,(H,34,35,37)/t17-,18+/m0/s1. The van der Waals surface area contributed by atoms with Crippen LogP contribution in [0, 0.1) is 5.82 Å². The average molecular weight is 525 g/mol. The molecular formula is C28H34ClFN6O. The van der Waals surface area contributed by atoms with Crippen LogP contribution in [0.2, 0.25) is 5.02 Å². The zero-order valence-corrected chi connectivity index (χ0v) is 22.0. The topological polar surface area (TPSA) is 115 Å². The molecule has 4 aromatic rings. The summed E-state index contributed by atoms with van der Waals surface area (Å²) >= 11 is 6.22. The van der Waals surface area contributed by atoms with Gasteiger partial charge in [0, 0.05) is 29.2 Å². The molecular weight excluding hydrogens is 491 g/mol. The summed E-state index contributed by atoms with van der Waals surface area (Å²) in [5.41, 5.74) is 15.0. The van der Waals surface area contributed by atoms with Gasteiger partial charge in [-0.25, -0.2) is 9.18 Å². The number of aromatic amines is 1. The summed E-state index contributed by atoms with van der Waals surface area (Å²) in [7, 11) is 0. The fourth-order valence-corrected chi connectivity index (χ4v) is 4.64. The predicted octanol–water partition coefficient (Wildman–Crippen LogP) is 4.84. The second-order valence-electron chi connectivity index (χ2n) is 9.60. The van der Waals surface area contributed by atoms with Crippen molar-refractivity contribution in [3.63, 3.8) is 0 Å². The number of nitrogens with zero attached hydrogens (tertiary/aromatic N) is 2. The molecule has 9 heteroatoms. The summed E-state index contributed by atoms with van der Waals surface area (Å²) in [4.78, 5) is 20.1. The van der Waals surface area contributed by atoms with Crippen molar-refractivity contribution in [2.75, 3.05) is 13.1 Å². The Labute approximate surface area is 221 Å². The van der Waals surface area contributed by atoms with Gasteiger partial charge in [0.15, 0.2) is 5.82 Å². The molecule has 0 saturated heterocycles. The van der Waals surface area contributed by atoms with Crippen molar-refractivity contribution in [1.82, 2.24) is 19.9 Å². The molecule has 6 N–H and O–H groups in total. The SMILES string of the molecule is C[C@H](N)CCCc1cc(Cl)c(F)c(-c2cc3cn(-c4ccc([C@@H](C)NCCCN)cc4)c(=O)nc3[nH]2)c1. The molecule has 37 heavy (non-hydrogen) atoms. The number of halogens is 2. The third kappa shape index (κ3) is 6.45. The Hall–Kier alpha value is -3.04. The van der Waals surface area contributed by atoms with Gasteiger partial charge in [-0.05, 0) is 94.1 Å². The van der Waals surface area contributed by atoms with E-state index in [9.17, 15) is 4.79 Å². The molecule has 7 nitrogen and oxygen atoms in total. The van der Waals surface area contributed by atoms with Crippen molar-refractivity contribution in [2.24, 2.45) is 11.5 Å². The lowest BCUT2D eigenvalue weighted by Gasteiger charge is -2.14. The number of aromatic nitrogens is 3. The van der Waals surface area contributed by atoms with Crippen LogP contribution in [0.1, 0.15) is 50.3 Å². The first-order valence-electron chi connectivity index (χ1n) is 12.7. The number of hydrogen-bond acceptors (Lipinski definition) is 5. The van der Waals surface area contributed by atoms with Crippen LogP contribution < -0.4 is 22.5 Å². The molecule has 0 spiro atoms. The Kier molecular flexibility index (Phi) is 8.76. The van der Waals surface area contributed by atoms with E-state index in [0.717, 1.165) is 43.4 Å². The number of nitrogens with two attached hydrogens (primary N) is 2. The van der Waals surface area contributed by atoms with Crippen molar-refractivity contribution in [1.29, 1.82) is 0 Å². The molecule has 2 aromatic carbocycles. The fourth-order valence-electron chi connectivity index (χ4n) is 4.40. The van der Waals surface area contributed by atoms with E-state index in [-0.39, 0.29) is 17.1 Å². The average Bonchev–Trinajstić information content (AvgIpc) is 3.28. The van der Waals surface area contributed by atoms with Crippen LogP contribution in [-0.2, 0) is 6.42 Å². The van der Waals surface area contributed by atoms with Crippen molar-refractivity contribution in [3.05, 3.63) is 81.1 Å². The van der Waals surface area contributed by atoms with E-state index in [1.165, 1.54) is 4.57 Å². The van der Waals surface area contributed by atoms with Crippen molar-refractivity contribution in [3.8, 4) is 16.9 Å². The van der Waals surface area contributed by atoms with Crippen LogP contribution in [0.15, 0.2) is 53.5 Å². The molecule has 0 fully saturated rings. The molecule has 0 bridgehead atoms. The van der Waals surface area contributed by atoms with Crippen molar-refractivity contribution < 1.29 is 4.39 Å². The van der Waals surface area contributed by atoms with E-state index < -0.39 is 11.5 Å². The Bertz CT molecular complexity index is 1410. The second kappa shape index (κ2) is 12.0. The smallest absolute Gasteiger partial charge is 0.339 e. The predicted molar refractivity (Wildman–Crippen MR) is 149 cm³/mol. The number of H-pyrrole nitrogens is 1. The largest absolute Gasteiger partial charge is 0.354 e. The van der Waals surface area contributed by atoms with E-state index in [2.05, 4.69) is 22.2 Å².